The van der Waals surface area contributed by atoms with E-state index in [0.29, 0.717) is 32.4 Å². The lowest BCUT2D eigenvalue weighted by Crippen LogP contribution is -2.48. The number of aryl methyl sites for hydroxylation is 1. The molecule has 1 aromatic heterocycles. The Morgan fingerprint density at radius 1 is 1.21 bits per heavy atom. The number of hydrogen-bond donors (Lipinski definition) is 1. The zero-order valence-electron chi connectivity index (χ0n) is 16.1. The minimum Gasteiger partial charge on any atom is -0.345 e. The second-order valence-electron chi connectivity index (χ2n) is 7.41. The Morgan fingerprint density at radius 2 is 1.97 bits per heavy atom. The fourth-order valence-corrected chi connectivity index (χ4v) is 5.00. The number of anilines is 2. The first-order chi connectivity index (χ1) is 13.9. The maximum Gasteiger partial charge on any atom is 0.227 e. The molecule has 1 aliphatic heterocycles. The van der Waals surface area contributed by atoms with Gasteiger partial charge in [0, 0.05) is 50.0 Å². The number of benzene rings is 1. The Morgan fingerprint density at radius 3 is 2.69 bits per heavy atom. The van der Waals surface area contributed by atoms with Crippen molar-refractivity contribution in [3.8, 4) is 0 Å². The van der Waals surface area contributed by atoms with Crippen LogP contribution in [0.3, 0.4) is 0 Å². The molecule has 1 aliphatic carbocycles. The Bertz CT molecular complexity index is 941. The number of hydrogen-bond acceptors (Lipinski definition) is 5. The molecule has 4 rings (SSSR count). The Kier molecular flexibility index (Phi) is 5.49. The summed E-state index contributed by atoms with van der Waals surface area (Å²) >= 11 is 1.58. The normalized spacial score (nSPS) is 19.1. The third-order valence-electron chi connectivity index (χ3n) is 5.48. The first kappa shape index (κ1) is 19.8. The zero-order chi connectivity index (χ0) is 20.5. The fourth-order valence-electron chi connectivity index (χ4n) is 3.76. The van der Waals surface area contributed by atoms with Crippen LogP contribution in [0.15, 0.2) is 18.2 Å². The van der Waals surface area contributed by atoms with Gasteiger partial charge in [-0.2, -0.15) is 0 Å². The monoisotopic (exact) mass is 420 g/mol. The van der Waals surface area contributed by atoms with Crippen molar-refractivity contribution in [1.82, 2.24) is 9.88 Å². The zero-order valence-corrected chi connectivity index (χ0v) is 16.9. The second kappa shape index (κ2) is 8.06. The lowest BCUT2D eigenvalue weighted by Gasteiger charge is -2.33. The largest absolute Gasteiger partial charge is 0.345 e. The molecule has 2 amide bonds. The van der Waals surface area contributed by atoms with Crippen molar-refractivity contribution in [2.24, 2.45) is 5.92 Å². The molecule has 1 fully saturated rings. The molecule has 0 bridgehead atoms. The molecule has 2 aliphatic rings. The van der Waals surface area contributed by atoms with Gasteiger partial charge < -0.3 is 15.1 Å². The number of nitrogens with one attached hydrogen (secondary N) is 1. The molecule has 0 spiro atoms. The van der Waals surface area contributed by atoms with Gasteiger partial charge >= 0.3 is 0 Å². The number of halogens is 2. The van der Waals surface area contributed by atoms with Crippen LogP contribution in [0.1, 0.15) is 23.9 Å². The maximum atomic E-state index is 13.8. The Balaban J connectivity index is 1.41. The highest BCUT2D eigenvalue weighted by atomic mass is 32.1. The average Bonchev–Trinajstić information content (AvgIpc) is 3.14. The molecule has 6 nitrogen and oxygen atoms in total. The molecule has 0 saturated carbocycles. The first-order valence-corrected chi connectivity index (χ1v) is 10.5. The van der Waals surface area contributed by atoms with Crippen molar-refractivity contribution in [3.05, 3.63) is 40.4 Å². The number of carbonyl (C=O) groups excluding carboxylic acids is 2. The van der Waals surface area contributed by atoms with Crippen LogP contribution in [-0.4, -0.2) is 47.9 Å². The van der Waals surface area contributed by atoms with Crippen LogP contribution in [0.25, 0.3) is 0 Å². The third-order valence-corrected chi connectivity index (χ3v) is 6.66. The van der Waals surface area contributed by atoms with E-state index in [4.69, 9.17) is 4.98 Å². The van der Waals surface area contributed by atoms with E-state index >= 15 is 0 Å². The molecule has 2 heterocycles. The quantitative estimate of drug-likeness (QED) is 0.829. The van der Waals surface area contributed by atoms with Crippen LogP contribution in [0.4, 0.5) is 19.6 Å². The van der Waals surface area contributed by atoms with Crippen LogP contribution in [0, 0.1) is 17.6 Å². The number of aromatic nitrogens is 1. The molecule has 1 aromatic carbocycles. The van der Waals surface area contributed by atoms with Gasteiger partial charge in [-0.05, 0) is 31.4 Å². The first-order valence-electron chi connectivity index (χ1n) is 9.65. The van der Waals surface area contributed by atoms with E-state index in [1.165, 1.54) is 0 Å². The van der Waals surface area contributed by atoms with Gasteiger partial charge in [0.25, 0.3) is 0 Å². The Labute approximate surface area is 171 Å². The molecular formula is C20H22F2N4O2S. The number of rotatable bonds is 3. The van der Waals surface area contributed by atoms with E-state index in [1.807, 2.05) is 4.90 Å². The van der Waals surface area contributed by atoms with Gasteiger partial charge in [-0.3, -0.25) is 9.59 Å². The second-order valence-corrected chi connectivity index (χ2v) is 8.47. The number of amides is 2. The maximum absolute atomic E-state index is 13.8. The summed E-state index contributed by atoms with van der Waals surface area (Å²) in [6, 6.07) is 3.02. The van der Waals surface area contributed by atoms with Crippen molar-refractivity contribution < 1.29 is 18.4 Å². The molecule has 154 valence electrons. The predicted octanol–water partition coefficient (Wildman–Crippen LogP) is 2.83. The highest BCUT2D eigenvalue weighted by Gasteiger charge is 2.30. The summed E-state index contributed by atoms with van der Waals surface area (Å²) in [7, 11) is 0. The predicted molar refractivity (Wildman–Crippen MR) is 107 cm³/mol. The molecule has 1 atom stereocenters. The molecule has 1 N–H and O–H groups in total. The van der Waals surface area contributed by atoms with Crippen molar-refractivity contribution >= 4 is 34.0 Å². The molecule has 1 saturated heterocycles. The highest BCUT2D eigenvalue weighted by molar-refractivity contribution is 7.15. The van der Waals surface area contributed by atoms with Gasteiger partial charge in [0.2, 0.25) is 11.8 Å². The van der Waals surface area contributed by atoms with Crippen molar-refractivity contribution in [1.29, 1.82) is 0 Å². The van der Waals surface area contributed by atoms with Crippen molar-refractivity contribution in [2.45, 2.75) is 26.2 Å². The molecule has 0 unspecified atom stereocenters. The number of nitrogens with zero attached hydrogens (tertiary/aromatic N) is 3. The summed E-state index contributed by atoms with van der Waals surface area (Å²) in [6.07, 6.45) is 1.85. The van der Waals surface area contributed by atoms with E-state index in [2.05, 4.69) is 10.2 Å². The average molecular weight is 420 g/mol. The van der Waals surface area contributed by atoms with Gasteiger partial charge in [-0.1, -0.05) is 0 Å². The summed E-state index contributed by atoms with van der Waals surface area (Å²) < 4.78 is 27.1. The molecule has 0 radical (unpaired) electrons. The summed E-state index contributed by atoms with van der Waals surface area (Å²) in [6.45, 7) is 4.44. The summed E-state index contributed by atoms with van der Waals surface area (Å²) in [4.78, 5) is 33.9. The SMILES string of the molecule is CC(=O)N1CCN(c2nc3c(s2)C[C@H](C(=O)Nc2cc(F)ccc2F)CC3)CC1. The van der Waals surface area contributed by atoms with Crippen molar-refractivity contribution in [3.63, 3.8) is 0 Å². The lowest BCUT2D eigenvalue weighted by molar-refractivity contribution is -0.129. The topological polar surface area (TPSA) is 65.5 Å². The number of thiazole rings is 1. The summed E-state index contributed by atoms with van der Waals surface area (Å²) in [5.74, 6) is -1.75. The lowest BCUT2D eigenvalue weighted by atomic mass is 9.90. The molecular weight excluding hydrogens is 398 g/mol. The van der Waals surface area contributed by atoms with Gasteiger partial charge in [0.1, 0.15) is 11.6 Å². The standard InChI is InChI=1S/C20H22F2N4O2S/c1-12(27)25-6-8-26(9-7-25)20-24-16-5-2-13(10-18(16)29-20)19(28)23-17-11-14(21)3-4-15(17)22/h3-4,11,13H,2,5-10H2,1H3,(H,23,28)/t13-/m1/s1. The van der Waals surface area contributed by atoms with Crippen LogP contribution < -0.4 is 10.2 Å². The fraction of sp³-hybridized carbons (Fsp3) is 0.450. The molecule has 9 heteroatoms. The van der Waals surface area contributed by atoms with Crippen LogP contribution in [0.2, 0.25) is 0 Å². The number of piperazine rings is 1. The van der Waals surface area contributed by atoms with E-state index in [1.54, 1.807) is 18.3 Å². The minimum atomic E-state index is -0.652. The number of carbonyl (C=O) groups is 2. The highest BCUT2D eigenvalue weighted by Crippen LogP contribution is 2.35. The van der Waals surface area contributed by atoms with Gasteiger partial charge in [0.05, 0.1) is 11.4 Å². The summed E-state index contributed by atoms with van der Waals surface area (Å²) in [5, 5.41) is 3.45. The Hall–Kier alpha value is -2.55. The number of fused-ring (bicyclic) bond motifs is 1. The molecule has 29 heavy (non-hydrogen) atoms. The molecule has 2 aromatic rings. The summed E-state index contributed by atoms with van der Waals surface area (Å²) in [5.41, 5.74) is 0.883. The van der Waals surface area contributed by atoms with E-state index < -0.39 is 11.6 Å². The van der Waals surface area contributed by atoms with Crippen LogP contribution >= 0.6 is 11.3 Å². The minimum absolute atomic E-state index is 0.0895. The smallest absolute Gasteiger partial charge is 0.227 e. The van der Waals surface area contributed by atoms with Crippen LogP contribution in [0.5, 0.6) is 0 Å². The van der Waals surface area contributed by atoms with Gasteiger partial charge in [0.15, 0.2) is 5.13 Å². The van der Waals surface area contributed by atoms with Gasteiger partial charge in [-0.25, -0.2) is 13.8 Å². The van der Waals surface area contributed by atoms with Crippen LogP contribution in [-0.2, 0) is 22.4 Å². The third kappa shape index (κ3) is 4.24. The van der Waals surface area contributed by atoms with Crippen molar-refractivity contribution in [2.75, 3.05) is 36.4 Å². The van der Waals surface area contributed by atoms with E-state index in [-0.39, 0.29) is 23.4 Å². The van der Waals surface area contributed by atoms with Gasteiger partial charge in [-0.15, -0.1) is 11.3 Å². The van der Waals surface area contributed by atoms with E-state index in [0.717, 1.165) is 47.0 Å². The van der Waals surface area contributed by atoms with E-state index in [9.17, 15) is 18.4 Å².